The summed E-state index contributed by atoms with van der Waals surface area (Å²) in [5, 5.41) is 4.68. The Labute approximate surface area is 160 Å². The first-order valence-corrected chi connectivity index (χ1v) is 9.78. The predicted molar refractivity (Wildman–Crippen MR) is 103 cm³/mol. The molecule has 1 aliphatic rings. The Balaban J connectivity index is 1.53. The van der Waals surface area contributed by atoms with Gasteiger partial charge in [-0.15, -0.1) is 11.8 Å². The van der Waals surface area contributed by atoms with Crippen LogP contribution in [0.2, 0.25) is 5.02 Å². The van der Waals surface area contributed by atoms with E-state index in [9.17, 15) is 4.79 Å². The molecule has 2 heterocycles. The summed E-state index contributed by atoms with van der Waals surface area (Å²) in [6, 6.07) is 15.3. The van der Waals surface area contributed by atoms with Crippen LogP contribution < -0.4 is 4.90 Å². The molecular formula is C19H16ClN3O2S. The van der Waals surface area contributed by atoms with Gasteiger partial charge in [0.2, 0.25) is 17.6 Å². The Morgan fingerprint density at radius 3 is 2.77 bits per heavy atom. The first-order chi connectivity index (χ1) is 12.6. The number of carbonyl (C=O) groups is 1. The van der Waals surface area contributed by atoms with Crippen molar-refractivity contribution in [2.45, 2.75) is 17.2 Å². The van der Waals surface area contributed by atoms with Gasteiger partial charge in [-0.3, -0.25) is 4.79 Å². The van der Waals surface area contributed by atoms with Crippen molar-refractivity contribution in [3.63, 3.8) is 0 Å². The van der Waals surface area contributed by atoms with Gasteiger partial charge >= 0.3 is 0 Å². The van der Waals surface area contributed by atoms with E-state index in [0.717, 1.165) is 11.3 Å². The molecule has 1 saturated heterocycles. The van der Waals surface area contributed by atoms with Crippen molar-refractivity contribution in [3.8, 4) is 11.4 Å². The van der Waals surface area contributed by atoms with Crippen LogP contribution in [0.25, 0.3) is 11.4 Å². The minimum atomic E-state index is -0.117. The molecule has 132 valence electrons. The maximum absolute atomic E-state index is 12.4. The van der Waals surface area contributed by atoms with Gasteiger partial charge in [-0.1, -0.05) is 22.8 Å². The molecule has 1 aromatic heterocycles. The summed E-state index contributed by atoms with van der Waals surface area (Å²) in [5.74, 6) is 0.947. The van der Waals surface area contributed by atoms with Crippen molar-refractivity contribution < 1.29 is 9.32 Å². The maximum Gasteiger partial charge on any atom is 0.232 e. The van der Waals surface area contributed by atoms with Gasteiger partial charge in [0.05, 0.1) is 5.92 Å². The third kappa shape index (κ3) is 3.34. The number of benzene rings is 2. The Morgan fingerprint density at radius 2 is 2.04 bits per heavy atom. The van der Waals surface area contributed by atoms with Crippen LogP contribution in [0.3, 0.4) is 0 Å². The molecule has 0 bridgehead atoms. The van der Waals surface area contributed by atoms with Crippen molar-refractivity contribution in [2.75, 3.05) is 17.7 Å². The number of thioether (sulfide) groups is 1. The minimum absolute atomic E-state index is 0.0290. The van der Waals surface area contributed by atoms with Crippen molar-refractivity contribution in [1.82, 2.24) is 10.1 Å². The van der Waals surface area contributed by atoms with Gasteiger partial charge in [-0.2, -0.15) is 4.98 Å². The Kier molecular flexibility index (Phi) is 4.70. The molecule has 7 heteroatoms. The van der Waals surface area contributed by atoms with E-state index in [1.807, 2.05) is 42.7 Å². The van der Waals surface area contributed by atoms with E-state index in [1.165, 1.54) is 4.90 Å². The lowest BCUT2D eigenvalue weighted by molar-refractivity contribution is -0.117. The van der Waals surface area contributed by atoms with Crippen LogP contribution in [0.15, 0.2) is 57.9 Å². The predicted octanol–water partition coefficient (Wildman–Crippen LogP) is 4.63. The highest BCUT2D eigenvalue weighted by Gasteiger charge is 2.35. The van der Waals surface area contributed by atoms with Gasteiger partial charge in [-0.05, 0) is 48.7 Å². The fraction of sp³-hybridized carbons (Fsp3) is 0.211. The van der Waals surface area contributed by atoms with Crippen LogP contribution in [0, 0.1) is 0 Å². The molecular weight excluding hydrogens is 370 g/mol. The maximum atomic E-state index is 12.4. The number of anilines is 1. The summed E-state index contributed by atoms with van der Waals surface area (Å²) in [5.41, 5.74) is 1.69. The lowest BCUT2D eigenvalue weighted by Crippen LogP contribution is -2.24. The van der Waals surface area contributed by atoms with E-state index in [2.05, 4.69) is 10.1 Å². The molecule has 4 rings (SSSR count). The second kappa shape index (κ2) is 7.13. The number of aromatic nitrogens is 2. The Bertz CT molecular complexity index is 942. The molecule has 1 fully saturated rings. The van der Waals surface area contributed by atoms with E-state index in [-0.39, 0.29) is 11.8 Å². The van der Waals surface area contributed by atoms with E-state index in [1.54, 1.807) is 28.8 Å². The van der Waals surface area contributed by atoms with Gasteiger partial charge in [0, 0.05) is 34.1 Å². The van der Waals surface area contributed by atoms with Gasteiger partial charge in [0.15, 0.2) is 0 Å². The first-order valence-electron chi connectivity index (χ1n) is 8.18. The minimum Gasteiger partial charge on any atom is -0.339 e. The standard InChI is InChI=1S/C19H16ClN3O2S/c1-26-16-7-5-12(6-8-16)18-21-19(25-22-18)13-9-17(24)23(11-13)15-4-2-3-14(20)10-15/h2-8,10,13H,9,11H2,1H3. The van der Waals surface area contributed by atoms with E-state index < -0.39 is 0 Å². The summed E-state index contributed by atoms with van der Waals surface area (Å²) < 4.78 is 5.44. The lowest BCUT2D eigenvalue weighted by atomic mass is 10.1. The fourth-order valence-electron chi connectivity index (χ4n) is 3.02. The largest absolute Gasteiger partial charge is 0.339 e. The molecule has 0 spiro atoms. The zero-order valence-electron chi connectivity index (χ0n) is 14.1. The summed E-state index contributed by atoms with van der Waals surface area (Å²) in [6.07, 6.45) is 2.38. The van der Waals surface area contributed by atoms with E-state index in [0.29, 0.717) is 29.7 Å². The highest BCUT2D eigenvalue weighted by Crippen LogP contribution is 2.33. The molecule has 26 heavy (non-hydrogen) atoms. The van der Waals surface area contributed by atoms with Crippen LogP contribution in [-0.2, 0) is 4.79 Å². The molecule has 5 nitrogen and oxygen atoms in total. The highest BCUT2D eigenvalue weighted by molar-refractivity contribution is 7.98. The molecule has 0 saturated carbocycles. The third-order valence-corrected chi connectivity index (χ3v) is 5.36. The van der Waals surface area contributed by atoms with E-state index >= 15 is 0 Å². The van der Waals surface area contributed by atoms with Crippen LogP contribution in [0.4, 0.5) is 5.69 Å². The van der Waals surface area contributed by atoms with Crippen molar-refractivity contribution in [1.29, 1.82) is 0 Å². The van der Waals surface area contributed by atoms with Crippen molar-refractivity contribution >= 4 is 35.0 Å². The lowest BCUT2D eigenvalue weighted by Gasteiger charge is -2.16. The number of hydrogen-bond acceptors (Lipinski definition) is 5. The second-order valence-electron chi connectivity index (χ2n) is 6.07. The monoisotopic (exact) mass is 385 g/mol. The molecule has 0 radical (unpaired) electrons. The second-order valence-corrected chi connectivity index (χ2v) is 7.39. The van der Waals surface area contributed by atoms with Gasteiger partial charge in [0.25, 0.3) is 0 Å². The Morgan fingerprint density at radius 1 is 1.23 bits per heavy atom. The topological polar surface area (TPSA) is 59.2 Å². The number of amides is 1. The molecule has 1 amide bonds. The quantitative estimate of drug-likeness (QED) is 0.612. The normalized spacial score (nSPS) is 17.1. The van der Waals surface area contributed by atoms with E-state index in [4.69, 9.17) is 16.1 Å². The third-order valence-electron chi connectivity index (χ3n) is 4.38. The number of carbonyl (C=O) groups excluding carboxylic acids is 1. The van der Waals surface area contributed by atoms with Crippen molar-refractivity contribution in [2.24, 2.45) is 0 Å². The average molecular weight is 386 g/mol. The number of rotatable bonds is 4. The molecule has 0 aliphatic carbocycles. The van der Waals surface area contributed by atoms with Crippen LogP contribution in [0.5, 0.6) is 0 Å². The fourth-order valence-corrected chi connectivity index (χ4v) is 3.62. The molecule has 1 atom stereocenters. The number of halogens is 1. The van der Waals surface area contributed by atoms with Gasteiger partial charge < -0.3 is 9.42 Å². The SMILES string of the molecule is CSc1ccc(-c2noc(C3CC(=O)N(c4cccc(Cl)c4)C3)n2)cc1. The average Bonchev–Trinajstić information content (AvgIpc) is 3.29. The van der Waals surface area contributed by atoms with Gasteiger partial charge in [0.1, 0.15) is 0 Å². The summed E-state index contributed by atoms with van der Waals surface area (Å²) >= 11 is 7.72. The van der Waals surface area contributed by atoms with Gasteiger partial charge in [-0.25, -0.2) is 0 Å². The molecule has 1 aliphatic heterocycles. The number of nitrogens with zero attached hydrogens (tertiary/aromatic N) is 3. The van der Waals surface area contributed by atoms with Crippen molar-refractivity contribution in [3.05, 3.63) is 59.4 Å². The van der Waals surface area contributed by atoms with Crippen LogP contribution >= 0.6 is 23.4 Å². The van der Waals surface area contributed by atoms with Crippen LogP contribution in [-0.4, -0.2) is 28.8 Å². The smallest absolute Gasteiger partial charge is 0.232 e. The molecule has 2 aromatic carbocycles. The summed E-state index contributed by atoms with van der Waals surface area (Å²) in [6.45, 7) is 0.506. The highest BCUT2D eigenvalue weighted by atomic mass is 35.5. The molecule has 0 N–H and O–H groups in total. The molecule has 1 unspecified atom stereocenters. The zero-order valence-corrected chi connectivity index (χ0v) is 15.6. The Hall–Kier alpha value is -2.31. The summed E-state index contributed by atoms with van der Waals surface area (Å²) in [4.78, 5) is 19.8. The molecule has 3 aromatic rings. The summed E-state index contributed by atoms with van der Waals surface area (Å²) in [7, 11) is 0. The number of hydrogen-bond donors (Lipinski definition) is 0. The van der Waals surface area contributed by atoms with Crippen LogP contribution in [0.1, 0.15) is 18.2 Å². The zero-order chi connectivity index (χ0) is 18.1. The first kappa shape index (κ1) is 17.1.